The molecular formula is C29H27ClN2. The average molecular weight is 439 g/mol. The van der Waals surface area contributed by atoms with Crippen LogP contribution in [0.2, 0.25) is 5.02 Å². The standard InChI is InChI=1S/C29H27ClN2/c30-27-17-10-18-28(23-27)31-19-21-32(22-20-31)29(24-11-4-1-5-12-24,25-13-6-2-7-14-25)26-15-8-3-9-16-26/h1-18,23H,19-22H2. The molecule has 0 spiro atoms. The number of hydrogen-bond donors (Lipinski definition) is 0. The van der Waals surface area contributed by atoms with E-state index in [0.29, 0.717) is 0 Å². The first-order chi connectivity index (χ1) is 15.8. The van der Waals surface area contributed by atoms with Crippen LogP contribution in [0.1, 0.15) is 16.7 Å². The molecule has 0 N–H and O–H groups in total. The molecule has 0 aromatic heterocycles. The maximum absolute atomic E-state index is 6.27. The molecule has 1 heterocycles. The quantitative estimate of drug-likeness (QED) is 0.330. The molecule has 0 unspecified atom stereocenters. The Balaban J connectivity index is 1.59. The fraction of sp³-hybridized carbons (Fsp3) is 0.172. The van der Waals surface area contributed by atoms with E-state index in [1.54, 1.807) is 0 Å². The zero-order valence-corrected chi connectivity index (χ0v) is 18.8. The molecule has 0 saturated carbocycles. The molecule has 2 nitrogen and oxygen atoms in total. The highest BCUT2D eigenvalue weighted by molar-refractivity contribution is 6.30. The molecule has 0 aliphatic carbocycles. The second kappa shape index (κ2) is 9.20. The highest BCUT2D eigenvalue weighted by atomic mass is 35.5. The van der Waals surface area contributed by atoms with Gasteiger partial charge in [0.15, 0.2) is 0 Å². The zero-order valence-electron chi connectivity index (χ0n) is 18.1. The molecule has 3 heteroatoms. The summed E-state index contributed by atoms with van der Waals surface area (Å²) in [5.74, 6) is 0. The summed E-state index contributed by atoms with van der Waals surface area (Å²) in [6.07, 6.45) is 0. The van der Waals surface area contributed by atoms with Crippen LogP contribution in [-0.2, 0) is 5.54 Å². The number of anilines is 1. The lowest BCUT2D eigenvalue weighted by Crippen LogP contribution is -2.56. The summed E-state index contributed by atoms with van der Waals surface area (Å²) < 4.78 is 0. The van der Waals surface area contributed by atoms with Crippen LogP contribution in [0, 0.1) is 0 Å². The van der Waals surface area contributed by atoms with E-state index < -0.39 is 0 Å². The van der Waals surface area contributed by atoms with Gasteiger partial charge in [-0.15, -0.1) is 0 Å². The van der Waals surface area contributed by atoms with Crippen LogP contribution >= 0.6 is 11.6 Å². The van der Waals surface area contributed by atoms with E-state index in [2.05, 4.69) is 113 Å². The minimum Gasteiger partial charge on any atom is -0.369 e. The van der Waals surface area contributed by atoms with Crippen LogP contribution in [-0.4, -0.2) is 31.1 Å². The van der Waals surface area contributed by atoms with Crippen LogP contribution in [0.15, 0.2) is 115 Å². The van der Waals surface area contributed by atoms with Gasteiger partial charge in [0.05, 0.1) is 5.54 Å². The molecule has 160 valence electrons. The maximum Gasteiger partial charge on any atom is 0.0974 e. The fourth-order valence-electron chi connectivity index (χ4n) is 5.06. The van der Waals surface area contributed by atoms with Crippen molar-refractivity contribution in [1.82, 2.24) is 4.90 Å². The summed E-state index contributed by atoms with van der Waals surface area (Å²) in [5.41, 5.74) is 4.75. The Kier molecular flexibility index (Phi) is 5.98. The lowest BCUT2D eigenvalue weighted by molar-refractivity contribution is 0.147. The zero-order chi connectivity index (χ0) is 21.8. The van der Waals surface area contributed by atoms with Crippen LogP contribution in [0.5, 0.6) is 0 Å². The van der Waals surface area contributed by atoms with Gasteiger partial charge in [0.1, 0.15) is 0 Å². The Hall–Kier alpha value is -3.07. The van der Waals surface area contributed by atoms with Crippen molar-refractivity contribution in [3.8, 4) is 0 Å². The van der Waals surface area contributed by atoms with Gasteiger partial charge in [-0.2, -0.15) is 0 Å². The summed E-state index contributed by atoms with van der Waals surface area (Å²) in [6.45, 7) is 3.81. The Morgan fingerprint density at radius 3 is 1.44 bits per heavy atom. The van der Waals surface area contributed by atoms with Crippen molar-refractivity contribution < 1.29 is 0 Å². The Morgan fingerprint density at radius 1 is 0.531 bits per heavy atom. The van der Waals surface area contributed by atoms with Crippen molar-refractivity contribution in [2.24, 2.45) is 0 Å². The summed E-state index contributed by atoms with van der Waals surface area (Å²) in [6, 6.07) is 41.0. The minimum absolute atomic E-state index is 0.343. The van der Waals surface area contributed by atoms with Gasteiger partial charge in [-0.1, -0.05) is 109 Å². The van der Waals surface area contributed by atoms with Gasteiger partial charge in [0.2, 0.25) is 0 Å². The third-order valence-electron chi connectivity index (χ3n) is 6.50. The Labute approximate surface area is 195 Å². The minimum atomic E-state index is -0.343. The van der Waals surface area contributed by atoms with Crippen LogP contribution in [0.3, 0.4) is 0 Å². The van der Waals surface area contributed by atoms with Gasteiger partial charge in [-0.3, -0.25) is 4.90 Å². The van der Waals surface area contributed by atoms with Gasteiger partial charge in [-0.25, -0.2) is 0 Å². The largest absolute Gasteiger partial charge is 0.369 e. The van der Waals surface area contributed by atoms with E-state index in [9.17, 15) is 0 Å². The number of halogens is 1. The molecule has 1 saturated heterocycles. The maximum atomic E-state index is 6.27. The van der Waals surface area contributed by atoms with Gasteiger partial charge >= 0.3 is 0 Å². The molecule has 1 aliphatic heterocycles. The molecule has 4 aromatic carbocycles. The summed E-state index contributed by atoms with van der Waals surface area (Å²) in [7, 11) is 0. The van der Waals surface area contributed by atoms with Gasteiger partial charge in [0, 0.05) is 36.9 Å². The third kappa shape index (κ3) is 3.81. The normalized spacial score (nSPS) is 15.0. The lowest BCUT2D eigenvalue weighted by atomic mass is 9.75. The topological polar surface area (TPSA) is 6.48 Å². The molecule has 0 atom stereocenters. The van der Waals surface area contributed by atoms with Crippen molar-refractivity contribution in [3.05, 3.63) is 137 Å². The molecule has 1 aliphatic rings. The van der Waals surface area contributed by atoms with E-state index in [4.69, 9.17) is 11.6 Å². The lowest BCUT2D eigenvalue weighted by Gasteiger charge is -2.49. The van der Waals surface area contributed by atoms with E-state index in [0.717, 1.165) is 31.2 Å². The summed E-state index contributed by atoms with van der Waals surface area (Å²) in [5, 5.41) is 0.789. The molecular weight excluding hydrogens is 412 g/mol. The van der Waals surface area contributed by atoms with Crippen molar-refractivity contribution in [2.75, 3.05) is 31.1 Å². The number of rotatable bonds is 5. The number of piperazine rings is 1. The SMILES string of the molecule is Clc1cccc(N2CCN(C(c3ccccc3)(c3ccccc3)c3ccccc3)CC2)c1. The molecule has 0 amide bonds. The predicted molar refractivity (Wildman–Crippen MR) is 134 cm³/mol. The molecule has 0 radical (unpaired) electrons. The highest BCUT2D eigenvalue weighted by Crippen LogP contribution is 2.43. The molecule has 5 rings (SSSR count). The Bertz CT molecular complexity index is 1040. The second-order valence-corrected chi connectivity index (χ2v) is 8.70. The van der Waals surface area contributed by atoms with Crippen molar-refractivity contribution in [1.29, 1.82) is 0 Å². The van der Waals surface area contributed by atoms with Crippen molar-refractivity contribution >= 4 is 17.3 Å². The van der Waals surface area contributed by atoms with Gasteiger partial charge in [0.25, 0.3) is 0 Å². The van der Waals surface area contributed by atoms with E-state index in [1.807, 2.05) is 12.1 Å². The fourth-order valence-corrected chi connectivity index (χ4v) is 5.24. The first kappa shape index (κ1) is 20.8. The molecule has 0 bridgehead atoms. The number of benzene rings is 4. The molecule has 4 aromatic rings. The number of nitrogens with zero attached hydrogens (tertiary/aromatic N) is 2. The van der Waals surface area contributed by atoms with Gasteiger partial charge < -0.3 is 4.90 Å². The van der Waals surface area contributed by atoms with Crippen LogP contribution < -0.4 is 4.90 Å². The summed E-state index contributed by atoms with van der Waals surface area (Å²) in [4.78, 5) is 5.09. The molecule has 32 heavy (non-hydrogen) atoms. The monoisotopic (exact) mass is 438 g/mol. The second-order valence-electron chi connectivity index (χ2n) is 8.26. The first-order valence-corrected chi connectivity index (χ1v) is 11.6. The highest BCUT2D eigenvalue weighted by Gasteiger charge is 2.43. The Morgan fingerprint density at radius 2 is 1.00 bits per heavy atom. The third-order valence-corrected chi connectivity index (χ3v) is 6.74. The summed E-state index contributed by atoms with van der Waals surface area (Å²) >= 11 is 6.27. The average Bonchev–Trinajstić information content (AvgIpc) is 2.87. The predicted octanol–water partition coefficient (Wildman–Crippen LogP) is 6.45. The van der Waals surface area contributed by atoms with Gasteiger partial charge in [-0.05, 0) is 34.9 Å². The van der Waals surface area contributed by atoms with E-state index in [-0.39, 0.29) is 5.54 Å². The van der Waals surface area contributed by atoms with Crippen molar-refractivity contribution in [3.63, 3.8) is 0 Å². The first-order valence-electron chi connectivity index (χ1n) is 11.2. The van der Waals surface area contributed by atoms with Crippen LogP contribution in [0.4, 0.5) is 5.69 Å². The van der Waals surface area contributed by atoms with Crippen molar-refractivity contribution in [2.45, 2.75) is 5.54 Å². The van der Waals surface area contributed by atoms with E-state index >= 15 is 0 Å². The number of hydrogen-bond acceptors (Lipinski definition) is 2. The van der Waals surface area contributed by atoms with E-state index in [1.165, 1.54) is 22.4 Å². The van der Waals surface area contributed by atoms with Crippen LogP contribution in [0.25, 0.3) is 0 Å². The smallest absolute Gasteiger partial charge is 0.0974 e. The molecule has 1 fully saturated rings.